The maximum absolute atomic E-state index is 13.9. The highest BCUT2D eigenvalue weighted by molar-refractivity contribution is 7.13. The number of hydrogen-bond acceptors (Lipinski definition) is 5. The van der Waals surface area contributed by atoms with Gasteiger partial charge < -0.3 is 14.5 Å². The van der Waals surface area contributed by atoms with Gasteiger partial charge in [-0.3, -0.25) is 4.79 Å². The Morgan fingerprint density at radius 1 is 1.10 bits per heavy atom. The van der Waals surface area contributed by atoms with Crippen LogP contribution < -0.4 is 9.64 Å². The van der Waals surface area contributed by atoms with Gasteiger partial charge in [0.25, 0.3) is 5.91 Å². The Labute approximate surface area is 173 Å². The van der Waals surface area contributed by atoms with Crippen LogP contribution in [0.15, 0.2) is 53.9 Å². The summed E-state index contributed by atoms with van der Waals surface area (Å²) in [6, 6.07) is 14.3. The number of carbonyl (C=O) groups excluding carboxylic acids is 1. The Morgan fingerprint density at radius 2 is 1.83 bits per heavy atom. The third-order valence-corrected chi connectivity index (χ3v) is 5.92. The van der Waals surface area contributed by atoms with Crippen LogP contribution in [0.25, 0.3) is 10.6 Å². The number of para-hydroxylation sites is 1. The van der Waals surface area contributed by atoms with E-state index in [2.05, 4.69) is 4.98 Å². The third-order valence-electron chi connectivity index (χ3n) is 4.91. The fourth-order valence-electron chi connectivity index (χ4n) is 3.32. The normalized spacial score (nSPS) is 14.1. The molecule has 1 aromatic heterocycles. The fraction of sp³-hybridized carbons (Fsp3) is 0.273. The molecule has 0 radical (unpaired) electrons. The SMILES string of the molecule is Cc1csc(-c2ccc(OCC(=O)N3CCN(c4ccccc4F)CC3)cc2)n1. The van der Waals surface area contributed by atoms with Crippen molar-refractivity contribution >= 4 is 22.9 Å². The van der Waals surface area contributed by atoms with Crippen LogP contribution in [0.2, 0.25) is 0 Å². The van der Waals surface area contributed by atoms with Crippen molar-refractivity contribution in [2.75, 3.05) is 37.7 Å². The monoisotopic (exact) mass is 411 g/mol. The molecule has 3 aromatic rings. The Balaban J connectivity index is 1.28. The van der Waals surface area contributed by atoms with Gasteiger partial charge in [0.1, 0.15) is 16.6 Å². The summed E-state index contributed by atoms with van der Waals surface area (Å²) in [6.07, 6.45) is 0. The highest BCUT2D eigenvalue weighted by Crippen LogP contribution is 2.25. The van der Waals surface area contributed by atoms with Crippen LogP contribution in [-0.4, -0.2) is 48.6 Å². The van der Waals surface area contributed by atoms with E-state index in [0.29, 0.717) is 37.6 Å². The minimum atomic E-state index is -0.230. The molecule has 0 aliphatic carbocycles. The Bertz CT molecular complexity index is 982. The molecule has 1 fully saturated rings. The van der Waals surface area contributed by atoms with E-state index in [1.165, 1.54) is 6.07 Å². The van der Waals surface area contributed by atoms with E-state index in [4.69, 9.17) is 4.74 Å². The van der Waals surface area contributed by atoms with Crippen LogP contribution in [0.4, 0.5) is 10.1 Å². The molecule has 5 nitrogen and oxygen atoms in total. The summed E-state index contributed by atoms with van der Waals surface area (Å²) in [6.45, 7) is 4.29. The molecule has 1 amide bonds. The second-order valence-electron chi connectivity index (χ2n) is 6.93. The molecule has 0 unspecified atom stereocenters. The fourth-order valence-corrected chi connectivity index (χ4v) is 4.13. The van der Waals surface area contributed by atoms with Crippen molar-refractivity contribution in [3.05, 3.63) is 65.4 Å². The number of aromatic nitrogens is 1. The Morgan fingerprint density at radius 3 is 2.48 bits per heavy atom. The maximum atomic E-state index is 13.9. The van der Waals surface area contributed by atoms with Crippen LogP contribution in [0.3, 0.4) is 0 Å². The van der Waals surface area contributed by atoms with Gasteiger partial charge in [-0.1, -0.05) is 12.1 Å². The van der Waals surface area contributed by atoms with E-state index in [1.807, 2.05) is 47.5 Å². The lowest BCUT2D eigenvalue weighted by Crippen LogP contribution is -2.50. The molecule has 0 atom stereocenters. The first kappa shape index (κ1) is 19.4. The molecule has 0 N–H and O–H groups in total. The van der Waals surface area contributed by atoms with Crippen LogP contribution >= 0.6 is 11.3 Å². The van der Waals surface area contributed by atoms with E-state index in [9.17, 15) is 9.18 Å². The van der Waals surface area contributed by atoms with E-state index in [-0.39, 0.29) is 18.3 Å². The number of amides is 1. The summed E-state index contributed by atoms with van der Waals surface area (Å²) in [7, 11) is 0. The smallest absolute Gasteiger partial charge is 0.260 e. The summed E-state index contributed by atoms with van der Waals surface area (Å²) >= 11 is 1.60. The number of aryl methyl sites for hydroxylation is 1. The number of anilines is 1. The van der Waals surface area contributed by atoms with Crippen molar-refractivity contribution in [3.63, 3.8) is 0 Å². The molecule has 1 aliphatic rings. The molecule has 0 bridgehead atoms. The topological polar surface area (TPSA) is 45.7 Å². The van der Waals surface area contributed by atoms with E-state index in [1.54, 1.807) is 28.4 Å². The summed E-state index contributed by atoms with van der Waals surface area (Å²) in [5.74, 6) is 0.366. The molecule has 0 saturated carbocycles. The predicted octanol–water partition coefficient (Wildman–Crippen LogP) is 3.99. The van der Waals surface area contributed by atoms with Gasteiger partial charge in [0.15, 0.2) is 6.61 Å². The highest BCUT2D eigenvalue weighted by Gasteiger charge is 2.22. The summed E-state index contributed by atoms with van der Waals surface area (Å²) in [5.41, 5.74) is 2.63. The molecule has 0 spiro atoms. The molecule has 29 heavy (non-hydrogen) atoms. The average Bonchev–Trinajstić information content (AvgIpc) is 3.19. The first-order valence-electron chi connectivity index (χ1n) is 9.53. The maximum Gasteiger partial charge on any atom is 0.260 e. The minimum Gasteiger partial charge on any atom is -0.484 e. The van der Waals surface area contributed by atoms with Crippen molar-refractivity contribution in [1.29, 1.82) is 0 Å². The Hall–Kier alpha value is -2.93. The van der Waals surface area contributed by atoms with Crippen molar-refractivity contribution in [3.8, 4) is 16.3 Å². The van der Waals surface area contributed by atoms with Gasteiger partial charge in [0.05, 0.1) is 5.69 Å². The molecule has 1 aliphatic heterocycles. The highest BCUT2D eigenvalue weighted by atomic mass is 32.1. The zero-order valence-corrected chi connectivity index (χ0v) is 17.0. The number of benzene rings is 2. The second kappa shape index (κ2) is 8.61. The minimum absolute atomic E-state index is 0.00456. The number of halogens is 1. The van der Waals surface area contributed by atoms with E-state index < -0.39 is 0 Å². The van der Waals surface area contributed by atoms with Crippen LogP contribution in [0, 0.1) is 12.7 Å². The van der Waals surface area contributed by atoms with Gasteiger partial charge in [-0.05, 0) is 43.3 Å². The first-order chi connectivity index (χ1) is 14.1. The van der Waals surface area contributed by atoms with Crippen molar-refractivity contribution in [2.45, 2.75) is 6.92 Å². The molecular formula is C22H22FN3O2S. The van der Waals surface area contributed by atoms with Gasteiger partial charge in [0.2, 0.25) is 0 Å². The van der Waals surface area contributed by atoms with Crippen LogP contribution in [-0.2, 0) is 4.79 Å². The number of ether oxygens (including phenoxy) is 1. The molecule has 2 heterocycles. The zero-order chi connectivity index (χ0) is 20.2. The van der Waals surface area contributed by atoms with Gasteiger partial charge in [-0.15, -0.1) is 11.3 Å². The lowest BCUT2D eigenvalue weighted by molar-refractivity contribution is -0.133. The lowest BCUT2D eigenvalue weighted by atomic mass is 10.2. The number of thiazole rings is 1. The number of piperazine rings is 1. The standard InChI is InChI=1S/C22H22FN3O2S/c1-16-15-29-22(24-16)17-6-8-18(9-7-17)28-14-21(27)26-12-10-25(11-13-26)20-5-3-2-4-19(20)23/h2-9,15H,10-14H2,1H3. The summed E-state index contributed by atoms with van der Waals surface area (Å²) in [5, 5.41) is 2.99. The third kappa shape index (κ3) is 4.56. The first-order valence-corrected chi connectivity index (χ1v) is 10.4. The molecule has 4 rings (SSSR count). The number of nitrogens with zero attached hydrogens (tertiary/aromatic N) is 3. The quantitative estimate of drug-likeness (QED) is 0.637. The van der Waals surface area contributed by atoms with Crippen molar-refractivity contribution in [1.82, 2.24) is 9.88 Å². The van der Waals surface area contributed by atoms with Gasteiger partial charge in [0, 0.05) is 42.8 Å². The molecule has 150 valence electrons. The predicted molar refractivity (Wildman–Crippen MR) is 113 cm³/mol. The number of hydrogen-bond donors (Lipinski definition) is 0. The summed E-state index contributed by atoms with van der Waals surface area (Å²) in [4.78, 5) is 20.7. The van der Waals surface area contributed by atoms with Gasteiger partial charge in [-0.25, -0.2) is 9.37 Å². The van der Waals surface area contributed by atoms with Crippen LogP contribution in [0.5, 0.6) is 5.75 Å². The lowest BCUT2D eigenvalue weighted by Gasteiger charge is -2.36. The number of rotatable bonds is 5. The largest absolute Gasteiger partial charge is 0.484 e. The van der Waals surface area contributed by atoms with Gasteiger partial charge >= 0.3 is 0 Å². The van der Waals surface area contributed by atoms with Gasteiger partial charge in [-0.2, -0.15) is 0 Å². The molecule has 2 aromatic carbocycles. The van der Waals surface area contributed by atoms with E-state index >= 15 is 0 Å². The Kier molecular flexibility index (Phi) is 5.76. The number of carbonyl (C=O) groups is 1. The molecular weight excluding hydrogens is 389 g/mol. The summed E-state index contributed by atoms with van der Waals surface area (Å²) < 4.78 is 19.6. The second-order valence-corrected chi connectivity index (χ2v) is 7.78. The van der Waals surface area contributed by atoms with E-state index in [0.717, 1.165) is 16.3 Å². The van der Waals surface area contributed by atoms with Crippen LogP contribution in [0.1, 0.15) is 5.69 Å². The van der Waals surface area contributed by atoms with Crippen molar-refractivity contribution < 1.29 is 13.9 Å². The zero-order valence-electron chi connectivity index (χ0n) is 16.2. The molecule has 1 saturated heterocycles. The molecule has 7 heteroatoms. The average molecular weight is 412 g/mol. The van der Waals surface area contributed by atoms with Crippen molar-refractivity contribution in [2.24, 2.45) is 0 Å².